The number of amides is 2. The molecule has 7 heteroatoms. The predicted molar refractivity (Wildman–Crippen MR) is 89.2 cm³/mol. The summed E-state index contributed by atoms with van der Waals surface area (Å²) in [6, 6.07) is 5.41. The maximum absolute atomic E-state index is 12.8. The minimum Gasteiger partial charge on any atom is -0.356 e. The molecule has 1 aromatic carbocycles. The molecule has 1 saturated heterocycles. The largest absolute Gasteiger partial charge is 0.356 e. The zero-order chi connectivity index (χ0) is 15.8. The third-order valence-corrected chi connectivity index (χ3v) is 3.75. The minimum atomic E-state index is -0.364. The zero-order valence-electron chi connectivity index (χ0n) is 12.9. The van der Waals surface area contributed by atoms with E-state index in [1.807, 2.05) is 0 Å². The number of nitrogens with one attached hydrogen (secondary N) is 3. The van der Waals surface area contributed by atoms with Crippen LogP contribution in [0.5, 0.6) is 0 Å². The van der Waals surface area contributed by atoms with Crippen molar-refractivity contribution >= 4 is 24.2 Å². The number of halogens is 2. The van der Waals surface area contributed by atoms with Gasteiger partial charge in [-0.25, -0.2) is 4.39 Å². The molecular formula is C16H23ClFN3O2. The Bertz CT molecular complexity index is 505. The number of carbonyl (C=O) groups excluding carboxylic acids is 2. The Hall–Kier alpha value is -1.66. The molecule has 0 bridgehead atoms. The molecule has 23 heavy (non-hydrogen) atoms. The highest BCUT2D eigenvalue weighted by molar-refractivity contribution is 5.94. The smallest absolute Gasteiger partial charge is 0.251 e. The molecule has 0 spiro atoms. The van der Waals surface area contributed by atoms with Gasteiger partial charge in [0.25, 0.3) is 5.91 Å². The number of hydrogen-bond donors (Lipinski definition) is 3. The number of benzene rings is 1. The summed E-state index contributed by atoms with van der Waals surface area (Å²) in [5.41, 5.74) is 0.431. The first-order valence-corrected chi connectivity index (χ1v) is 7.69. The van der Waals surface area contributed by atoms with Crippen LogP contribution in [-0.4, -0.2) is 38.0 Å². The van der Waals surface area contributed by atoms with Gasteiger partial charge in [-0.15, -0.1) is 12.4 Å². The average Bonchev–Trinajstić information content (AvgIpc) is 2.55. The Labute approximate surface area is 141 Å². The van der Waals surface area contributed by atoms with Crippen LogP contribution >= 0.6 is 12.4 Å². The van der Waals surface area contributed by atoms with Gasteiger partial charge in [0, 0.05) is 24.6 Å². The van der Waals surface area contributed by atoms with Gasteiger partial charge in [0.15, 0.2) is 0 Å². The monoisotopic (exact) mass is 343 g/mol. The summed E-state index contributed by atoms with van der Waals surface area (Å²) < 4.78 is 12.8. The van der Waals surface area contributed by atoms with Crippen LogP contribution in [0.3, 0.4) is 0 Å². The van der Waals surface area contributed by atoms with Crippen molar-refractivity contribution in [3.63, 3.8) is 0 Å². The second kappa shape index (κ2) is 10.2. The molecule has 1 aromatic rings. The summed E-state index contributed by atoms with van der Waals surface area (Å²) in [6.07, 6.45) is 2.43. The van der Waals surface area contributed by atoms with Gasteiger partial charge in [0.05, 0.1) is 0 Å². The van der Waals surface area contributed by atoms with E-state index >= 15 is 0 Å². The third-order valence-electron chi connectivity index (χ3n) is 3.75. The van der Waals surface area contributed by atoms with Gasteiger partial charge >= 0.3 is 0 Å². The fourth-order valence-electron chi connectivity index (χ4n) is 2.43. The molecule has 0 saturated carbocycles. The zero-order valence-corrected chi connectivity index (χ0v) is 13.8. The van der Waals surface area contributed by atoms with E-state index in [1.54, 1.807) is 0 Å². The van der Waals surface area contributed by atoms with E-state index in [4.69, 9.17) is 0 Å². The first-order chi connectivity index (χ1) is 10.7. The molecule has 3 N–H and O–H groups in total. The normalized spacial score (nSPS) is 14.7. The lowest BCUT2D eigenvalue weighted by molar-refractivity contribution is -0.125. The highest BCUT2D eigenvalue weighted by Gasteiger charge is 2.20. The van der Waals surface area contributed by atoms with Gasteiger partial charge in [-0.05, 0) is 56.6 Å². The highest BCUT2D eigenvalue weighted by Crippen LogP contribution is 2.11. The predicted octanol–water partition coefficient (Wildman–Crippen LogP) is 1.48. The molecule has 128 valence electrons. The lowest BCUT2D eigenvalue weighted by Crippen LogP contribution is -2.39. The number of piperidine rings is 1. The molecule has 0 aromatic heterocycles. The van der Waals surface area contributed by atoms with Crippen LogP contribution in [0.1, 0.15) is 29.6 Å². The van der Waals surface area contributed by atoms with Gasteiger partial charge in [-0.1, -0.05) is 0 Å². The molecule has 1 fully saturated rings. The van der Waals surface area contributed by atoms with Crippen molar-refractivity contribution in [1.82, 2.24) is 16.0 Å². The number of rotatable bonds is 6. The van der Waals surface area contributed by atoms with E-state index in [0.717, 1.165) is 25.9 Å². The van der Waals surface area contributed by atoms with Crippen molar-refractivity contribution < 1.29 is 14.0 Å². The first kappa shape index (κ1) is 19.4. The van der Waals surface area contributed by atoms with Gasteiger partial charge in [0.1, 0.15) is 5.82 Å². The van der Waals surface area contributed by atoms with Crippen molar-refractivity contribution in [1.29, 1.82) is 0 Å². The van der Waals surface area contributed by atoms with E-state index in [2.05, 4.69) is 16.0 Å². The molecule has 5 nitrogen and oxygen atoms in total. The van der Waals surface area contributed by atoms with Crippen molar-refractivity contribution in [2.24, 2.45) is 5.92 Å². The quantitative estimate of drug-likeness (QED) is 0.685. The molecule has 1 heterocycles. The first-order valence-electron chi connectivity index (χ1n) is 7.69. The molecule has 1 aliphatic heterocycles. The summed E-state index contributed by atoms with van der Waals surface area (Å²) in [5, 5.41) is 8.88. The Morgan fingerprint density at radius 2 is 1.70 bits per heavy atom. The lowest BCUT2D eigenvalue weighted by atomic mass is 9.97. The summed E-state index contributed by atoms with van der Waals surface area (Å²) in [6.45, 7) is 2.81. The molecule has 0 radical (unpaired) electrons. The van der Waals surface area contributed by atoms with Crippen LogP contribution in [0.15, 0.2) is 24.3 Å². The number of carbonyl (C=O) groups is 2. The molecule has 1 aliphatic rings. The van der Waals surface area contributed by atoms with Crippen LogP contribution in [0.25, 0.3) is 0 Å². The summed E-state index contributed by atoms with van der Waals surface area (Å²) in [7, 11) is 0. The van der Waals surface area contributed by atoms with Crippen LogP contribution in [0, 0.1) is 11.7 Å². The van der Waals surface area contributed by atoms with Crippen molar-refractivity contribution in [3.05, 3.63) is 35.6 Å². The summed E-state index contributed by atoms with van der Waals surface area (Å²) in [4.78, 5) is 23.7. The van der Waals surface area contributed by atoms with E-state index < -0.39 is 0 Å². The van der Waals surface area contributed by atoms with Gasteiger partial charge in [0.2, 0.25) is 5.91 Å². The molecule has 2 rings (SSSR count). The second-order valence-corrected chi connectivity index (χ2v) is 5.43. The molecular weight excluding hydrogens is 321 g/mol. The van der Waals surface area contributed by atoms with Crippen LogP contribution < -0.4 is 16.0 Å². The molecule has 0 unspecified atom stereocenters. The van der Waals surface area contributed by atoms with Crippen molar-refractivity contribution in [2.75, 3.05) is 26.2 Å². The Morgan fingerprint density at radius 1 is 1.09 bits per heavy atom. The lowest BCUT2D eigenvalue weighted by Gasteiger charge is -2.21. The van der Waals surface area contributed by atoms with E-state index in [-0.39, 0.29) is 36.0 Å². The van der Waals surface area contributed by atoms with Gasteiger partial charge in [-0.2, -0.15) is 0 Å². The van der Waals surface area contributed by atoms with Gasteiger partial charge in [-0.3, -0.25) is 9.59 Å². The maximum Gasteiger partial charge on any atom is 0.251 e. The van der Waals surface area contributed by atoms with Crippen molar-refractivity contribution in [3.8, 4) is 0 Å². The summed E-state index contributed by atoms with van der Waals surface area (Å²) >= 11 is 0. The van der Waals surface area contributed by atoms with Crippen LogP contribution in [0.2, 0.25) is 0 Å². The fraction of sp³-hybridized carbons (Fsp3) is 0.500. The molecule has 0 atom stereocenters. The van der Waals surface area contributed by atoms with Crippen LogP contribution in [-0.2, 0) is 4.79 Å². The molecule has 2 amide bonds. The fourth-order valence-corrected chi connectivity index (χ4v) is 2.43. The standard InChI is InChI=1S/C16H22FN3O2.ClH/c17-14-4-2-12(3-5-14)15(21)19-8-1-9-20-16(22)13-6-10-18-11-7-13;/h2-5,13,18H,1,6-11H2,(H,19,21)(H,20,22);1H. The van der Waals surface area contributed by atoms with Crippen LogP contribution in [0.4, 0.5) is 4.39 Å². The SMILES string of the molecule is Cl.O=C(NCCCNC(=O)C1CCNCC1)c1ccc(F)cc1. The molecule has 0 aliphatic carbocycles. The van der Waals surface area contributed by atoms with Gasteiger partial charge < -0.3 is 16.0 Å². The Kier molecular flexibility index (Phi) is 8.58. The highest BCUT2D eigenvalue weighted by atomic mass is 35.5. The second-order valence-electron chi connectivity index (χ2n) is 5.43. The third kappa shape index (κ3) is 6.54. The van der Waals surface area contributed by atoms with Crippen molar-refractivity contribution in [2.45, 2.75) is 19.3 Å². The van der Waals surface area contributed by atoms with E-state index in [9.17, 15) is 14.0 Å². The Balaban J connectivity index is 0.00000264. The van der Waals surface area contributed by atoms with E-state index in [1.165, 1.54) is 24.3 Å². The Morgan fingerprint density at radius 3 is 2.35 bits per heavy atom. The maximum atomic E-state index is 12.8. The summed E-state index contributed by atoms with van der Waals surface area (Å²) in [5.74, 6) is -0.386. The average molecular weight is 344 g/mol. The minimum absolute atomic E-state index is 0. The number of hydrogen-bond acceptors (Lipinski definition) is 3. The van der Waals surface area contributed by atoms with E-state index in [0.29, 0.717) is 25.1 Å². The topological polar surface area (TPSA) is 70.2 Å².